The summed E-state index contributed by atoms with van der Waals surface area (Å²) in [5.41, 5.74) is 0. The third-order valence-electron chi connectivity index (χ3n) is 2.68. The van der Waals surface area contributed by atoms with Crippen molar-refractivity contribution >= 4 is 21.6 Å². The lowest BCUT2D eigenvalue weighted by atomic mass is 10.2. The topological polar surface area (TPSA) is 46.2 Å². The number of hydrogen-bond donors (Lipinski definition) is 1. The van der Waals surface area contributed by atoms with E-state index in [0.29, 0.717) is 11.8 Å². The van der Waals surface area contributed by atoms with Crippen molar-refractivity contribution in [3.05, 3.63) is 0 Å². The molecule has 90 valence electrons. The van der Waals surface area contributed by atoms with Crippen molar-refractivity contribution in [3.63, 3.8) is 0 Å². The Kier molecular flexibility index (Phi) is 4.87. The first-order valence-corrected chi connectivity index (χ1v) is 7.73. The Morgan fingerprint density at radius 3 is 2.73 bits per heavy atom. The molecule has 0 aromatic carbocycles. The zero-order chi connectivity index (χ0) is 11.5. The van der Waals surface area contributed by atoms with Crippen molar-refractivity contribution in [1.29, 1.82) is 0 Å². The molecule has 0 radical (unpaired) electrons. The van der Waals surface area contributed by atoms with Gasteiger partial charge in [-0.3, -0.25) is 0 Å². The fraction of sp³-hybridized carbons (Fsp3) is 1.00. The molecule has 1 fully saturated rings. The van der Waals surface area contributed by atoms with Crippen LogP contribution >= 0.6 is 11.6 Å². The van der Waals surface area contributed by atoms with Crippen LogP contribution in [0.5, 0.6) is 0 Å². The highest BCUT2D eigenvalue weighted by atomic mass is 35.5. The molecule has 15 heavy (non-hydrogen) atoms. The van der Waals surface area contributed by atoms with E-state index < -0.39 is 10.0 Å². The largest absolute Gasteiger partial charge is 0.212 e. The minimum absolute atomic E-state index is 0.0209. The van der Waals surface area contributed by atoms with Crippen molar-refractivity contribution in [2.75, 3.05) is 11.6 Å². The molecule has 3 atom stereocenters. The van der Waals surface area contributed by atoms with Gasteiger partial charge in [-0.1, -0.05) is 20.3 Å². The standard InChI is InChI=1S/C10H20ClNO2S/c1-3-4-9-5-10(9)12-15(13,14)7-8(2)6-11/h8-10,12H,3-7H2,1-2H3. The van der Waals surface area contributed by atoms with Gasteiger partial charge in [-0.25, -0.2) is 13.1 Å². The van der Waals surface area contributed by atoms with E-state index in [-0.39, 0.29) is 17.7 Å². The Labute approximate surface area is 97.6 Å². The van der Waals surface area contributed by atoms with E-state index in [1.807, 2.05) is 6.92 Å². The lowest BCUT2D eigenvalue weighted by Crippen LogP contribution is -2.32. The lowest BCUT2D eigenvalue weighted by Gasteiger charge is -2.09. The monoisotopic (exact) mass is 253 g/mol. The highest BCUT2D eigenvalue weighted by molar-refractivity contribution is 7.89. The molecule has 3 unspecified atom stereocenters. The second-order valence-electron chi connectivity index (χ2n) is 4.55. The van der Waals surface area contributed by atoms with E-state index in [9.17, 15) is 8.42 Å². The van der Waals surface area contributed by atoms with Crippen molar-refractivity contribution in [2.24, 2.45) is 11.8 Å². The quantitative estimate of drug-likeness (QED) is 0.705. The van der Waals surface area contributed by atoms with Crippen molar-refractivity contribution in [2.45, 2.75) is 39.2 Å². The van der Waals surface area contributed by atoms with Gasteiger partial charge in [0.15, 0.2) is 0 Å². The average molecular weight is 254 g/mol. The second-order valence-corrected chi connectivity index (χ2v) is 6.66. The number of nitrogens with one attached hydrogen (secondary N) is 1. The van der Waals surface area contributed by atoms with Gasteiger partial charge in [0.1, 0.15) is 0 Å². The molecule has 1 aliphatic carbocycles. The lowest BCUT2D eigenvalue weighted by molar-refractivity contribution is 0.561. The molecule has 0 saturated heterocycles. The van der Waals surface area contributed by atoms with Crippen LogP contribution in [0.2, 0.25) is 0 Å². The molecule has 1 aliphatic rings. The molecule has 3 nitrogen and oxygen atoms in total. The second kappa shape index (κ2) is 5.51. The molecule has 0 spiro atoms. The highest BCUT2D eigenvalue weighted by Gasteiger charge is 2.38. The third kappa shape index (κ3) is 4.70. The molecule has 0 bridgehead atoms. The van der Waals surface area contributed by atoms with E-state index in [1.165, 1.54) is 0 Å². The summed E-state index contributed by atoms with van der Waals surface area (Å²) < 4.78 is 26.0. The number of halogens is 1. The van der Waals surface area contributed by atoms with Crippen LogP contribution in [0, 0.1) is 11.8 Å². The molecular formula is C10H20ClNO2S. The van der Waals surface area contributed by atoms with Gasteiger partial charge in [0.25, 0.3) is 0 Å². The van der Waals surface area contributed by atoms with Crippen LogP contribution in [-0.4, -0.2) is 26.1 Å². The summed E-state index contributed by atoms with van der Waals surface area (Å²) in [6.45, 7) is 3.97. The van der Waals surface area contributed by atoms with E-state index in [1.54, 1.807) is 0 Å². The molecule has 0 amide bonds. The average Bonchev–Trinajstić information content (AvgIpc) is 2.82. The van der Waals surface area contributed by atoms with Crippen LogP contribution in [0.3, 0.4) is 0 Å². The maximum atomic E-state index is 11.6. The number of sulfonamides is 1. The van der Waals surface area contributed by atoms with Gasteiger partial charge in [-0.2, -0.15) is 0 Å². The van der Waals surface area contributed by atoms with Gasteiger partial charge < -0.3 is 0 Å². The van der Waals surface area contributed by atoms with E-state index >= 15 is 0 Å². The molecule has 5 heteroatoms. The van der Waals surface area contributed by atoms with Crippen LogP contribution in [0.15, 0.2) is 0 Å². The van der Waals surface area contributed by atoms with Gasteiger partial charge in [0, 0.05) is 11.9 Å². The smallest absolute Gasteiger partial charge is 0.212 e. The predicted octanol–water partition coefficient (Wildman–Crippen LogP) is 1.97. The molecule has 0 heterocycles. The molecule has 0 aromatic heterocycles. The van der Waals surface area contributed by atoms with Crippen molar-refractivity contribution < 1.29 is 8.42 Å². The third-order valence-corrected chi connectivity index (χ3v) is 4.88. The highest BCUT2D eigenvalue weighted by Crippen LogP contribution is 2.35. The van der Waals surface area contributed by atoms with E-state index in [0.717, 1.165) is 19.3 Å². The number of hydrogen-bond acceptors (Lipinski definition) is 2. The molecule has 1 rings (SSSR count). The maximum absolute atomic E-state index is 11.6. The first-order valence-electron chi connectivity index (χ1n) is 5.54. The summed E-state index contributed by atoms with van der Waals surface area (Å²) in [5.74, 6) is 1.12. The van der Waals surface area contributed by atoms with Gasteiger partial charge in [-0.15, -0.1) is 11.6 Å². The van der Waals surface area contributed by atoms with Crippen LogP contribution in [0.1, 0.15) is 33.1 Å². The van der Waals surface area contributed by atoms with E-state index in [2.05, 4.69) is 11.6 Å². The Morgan fingerprint density at radius 1 is 1.53 bits per heavy atom. The normalized spacial score (nSPS) is 27.7. The Bertz CT molecular complexity index is 292. The zero-order valence-corrected chi connectivity index (χ0v) is 10.9. The minimum atomic E-state index is -3.12. The number of rotatable bonds is 7. The first-order chi connectivity index (χ1) is 6.98. The van der Waals surface area contributed by atoms with Gasteiger partial charge >= 0.3 is 0 Å². The summed E-state index contributed by atoms with van der Waals surface area (Å²) in [4.78, 5) is 0. The van der Waals surface area contributed by atoms with Crippen molar-refractivity contribution in [1.82, 2.24) is 4.72 Å². The molecule has 1 N–H and O–H groups in total. The van der Waals surface area contributed by atoms with E-state index in [4.69, 9.17) is 11.6 Å². The summed E-state index contributed by atoms with van der Waals surface area (Å²) in [7, 11) is -3.12. The summed E-state index contributed by atoms with van der Waals surface area (Å²) in [5, 5.41) is 0. The maximum Gasteiger partial charge on any atom is 0.212 e. The summed E-state index contributed by atoms with van der Waals surface area (Å²) in [6.07, 6.45) is 3.25. The first kappa shape index (κ1) is 13.3. The van der Waals surface area contributed by atoms with Crippen LogP contribution in [0.4, 0.5) is 0 Å². The van der Waals surface area contributed by atoms with Crippen molar-refractivity contribution in [3.8, 4) is 0 Å². The van der Waals surface area contributed by atoms with Crippen LogP contribution in [0.25, 0.3) is 0 Å². The van der Waals surface area contributed by atoms with Crippen LogP contribution < -0.4 is 4.72 Å². The predicted molar refractivity (Wildman–Crippen MR) is 63.6 cm³/mol. The summed E-state index contributed by atoms with van der Waals surface area (Å²) >= 11 is 5.60. The molecule has 1 saturated carbocycles. The van der Waals surface area contributed by atoms with Gasteiger partial charge in [-0.05, 0) is 24.7 Å². The number of alkyl halides is 1. The molecule has 0 aliphatic heterocycles. The Hall–Kier alpha value is 0.200. The SMILES string of the molecule is CCCC1CC1NS(=O)(=O)CC(C)CCl. The van der Waals surface area contributed by atoms with Crippen LogP contribution in [-0.2, 0) is 10.0 Å². The fourth-order valence-corrected chi connectivity index (χ4v) is 3.73. The fourth-order valence-electron chi connectivity index (χ4n) is 1.78. The van der Waals surface area contributed by atoms with Gasteiger partial charge in [0.05, 0.1) is 5.75 Å². The minimum Gasteiger partial charge on any atom is -0.212 e. The Balaban J connectivity index is 2.32. The zero-order valence-electron chi connectivity index (χ0n) is 9.37. The molecule has 0 aromatic rings. The summed E-state index contributed by atoms with van der Waals surface area (Å²) in [6, 6.07) is 0.192. The van der Waals surface area contributed by atoms with Gasteiger partial charge in [0.2, 0.25) is 10.0 Å². The Morgan fingerprint density at radius 2 is 2.20 bits per heavy atom. The molecular weight excluding hydrogens is 234 g/mol.